The van der Waals surface area contributed by atoms with Gasteiger partial charge in [-0.3, -0.25) is 0 Å². The molecule has 0 atom stereocenters. The van der Waals surface area contributed by atoms with Crippen LogP contribution < -0.4 is 0 Å². The fraction of sp³-hybridized carbons (Fsp3) is 0.667. The third kappa shape index (κ3) is 2.98. The van der Waals surface area contributed by atoms with E-state index < -0.39 is 41.0 Å². The Morgan fingerprint density at radius 3 is 1.00 bits per heavy atom. The summed E-state index contributed by atoms with van der Waals surface area (Å²) in [5.74, 6) is 0. The van der Waals surface area contributed by atoms with Crippen LogP contribution in [0.3, 0.4) is 0 Å². The van der Waals surface area contributed by atoms with Gasteiger partial charge in [0.1, 0.15) is 0 Å². The molecule has 0 fully saturated rings. The molecule has 0 nitrogen and oxygen atoms in total. The van der Waals surface area contributed by atoms with E-state index in [9.17, 15) is 26.3 Å². The molecule has 7 heteroatoms. The van der Waals surface area contributed by atoms with Crippen LogP contribution in [-0.2, 0) is 25.6 Å². The average molecular weight is 351 g/mol. The summed E-state index contributed by atoms with van der Waals surface area (Å²) >= 11 is -1.44. The minimum atomic E-state index is -5.18. The Morgan fingerprint density at radius 1 is 0.800 bits per heavy atom. The van der Waals surface area contributed by atoms with Crippen molar-refractivity contribution in [3.8, 4) is 0 Å². The van der Waals surface area contributed by atoms with Crippen molar-refractivity contribution in [1.29, 1.82) is 0 Å². The molecule has 0 aromatic heterocycles. The van der Waals surface area contributed by atoms with Crippen LogP contribution in [0, 0.1) is 0 Å². The van der Waals surface area contributed by atoms with E-state index in [-0.39, 0.29) is 0 Å². The molecule has 0 rings (SSSR count). The van der Waals surface area contributed by atoms with Crippen molar-refractivity contribution in [2.45, 2.75) is 12.4 Å². The van der Waals surface area contributed by atoms with Gasteiger partial charge in [-0.05, 0) is 0 Å². The van der Waals surface area contributed by atoms with Gasteiger partial charge in [-0.1, -0.05) is 0 Å². The first-order chi connectivity index (χ1) is 4.15. The van der Waals surface area contributed by atoms with Gasteiger partial charge in [0.25, 0.3) is 0 Å². The van der Waals surface area contributed by atoms with Gasteiger partial charge in [0.05, 0.1) is 0 Å². The van der Waals surface area contributed by atoms with Crippen LogP contribution >= 0.6 is 0 Å². The molecule has 0 radical (unpaired) electrons. The minimum absolute atomic E-state index is 1.44. The number of alkyl halides is 6. The normalized spacial score (nSPS) is 13.6. The summed E-state index contributed by atoms with van der Waals surface area (Å²) in [4.78, 5) is 0. The molecule has 0 amide bonds. The number of rotatable bonds is 0. The van der Waals surface area contributed by atoms with E-state index in [1.807, 2.05) is 0 Å². The fourth-order valence-electron chi connectivity index (χ4n) is 0.161. The van der Waals surface area contributed by atoms with Gasteiger partial charge in [0.15, 0.2) is 0 Å². The Bertz CT molecular complexity index is 124. The Morgan fingerprint density at radius 2 is 1.00 bits per heavy atom. The first-order valence-corrected chi connectivity index (χ1v) is 4.74. The van der Waals surface area contributed by atoms with Crippen LogP contribution in [0.5, 0.6) is 0 Å². The van der Waals surface area contributed by atoms with Crippen molar-refractivity contribution in [1.82, 2.24) is 0 Å². The van der Waals surface area contributed by atoms with Crippen LogP contribution in [0.2, 0.25) is 0 Å². The quantitative estimate of drug-likeness (QED) is 0.462. The first-order valence-electron chi connectivity index (χ1n) is 1.99. The maximum atomic E-state index is 11.2. The predicted molar refractivity (Wildman–Crippen MR) is 17.1 cm³/mol. The van der Waals surface area contributed by atoms with Crippen molar-refractivity contribution in [2.24, 2.45) is 0 Å². The molecule has 0 aliphatic rings. The molecule has 0 N–H and O–H groups in total. The van der Waals surface area contributed by atoms with Gasteiger partial charge in [0, 0.05) is 0 Å². The van der Waals surface area contributed by atoms with E-state index in [1.165, 1.54) is 0 Å². The molecule has 0 aromatic carbocycles. The van der Waals surface area contributed by atoms with Crippen LogP contribution in [0.1, 0.15) is 0 Å². The summed E-state index contributed by atoms with van der Waals surface area (Å²) in [6.07, 6.45) is -10.4. The molecule has 10 heavy (non-hydrogen) atoms. The molecule has 0 saturated carbocycles. The van der Waals surface area contributed by atoms with Crippen LogP contribution in [0.15, 0.2) is 0 Å². The molecule has 0 aromatic rings. The molecule has 0 unspecified atom stereocenters. The van der Waals surface area contributed by atoms with Crippen molar-refractivity contribution in [3.63, 3.8) is 0 Å². The standard InChI is InChI=1S/C3F6.Hg/c4-2(5,6)1-3(7,8)9;. The Hall–Kier alpha value is 0.385. The van der Waals surface area contributed by atoms with Crippen molar-refractivity contribution < 1.29 is 52.0 Å². The van der Waals surface area contributed by atoms with Crippen molar-refractivity contribution >= 4 is 3.00 Å². The Labute approximate surface area is 67.6 Å². The Kier molecular flexibility index (Phi) is 2.90. The summed E-state index contributed by atoms with van der Waals surface area (Å²) in [5, 5.41) is 0. The van der Waals surface area contributed by atoms with E-state index in [4.69, 9.17) is 0 Å². The zero-order valence-electron chi connectivity index (χ0n) is 4.47. The van der Waals surface area contributed by atoms with E-state index in [2.05, 4.69) is 0 Å². The topological polar surface area (TPSA) is 0 Å². The molecule has 56 valence electrons. The zero-order valence-corrected chi connectivity index (χ0v) is 9.97. The van der Waals surface area contributed by atoms with Crippen LogP contribution in [0.25, 0.3) is 0 Å². The van der Waals surface area contributed by atoms with Gasteiger partial charge in [-0.25, -0.2) is 0 Å². The third-order valence-corrected chi connectivity index (χ3v) is 3.80. The zero-order chi connectivity index (χ0) is 8.58. The number of hydrogen-bond donors (Lipinski definition) is 0. The second-order valence-electron chi connectivity index (χ2n) is 1.47. The summed E-state index contributed by atoms with van der Waals surface area (Å²) in [5.41, 5.74) is 0. The van der Waals surface area contributed by atoms with Crippen molar-refractivity contribution in [2.75, 3.05) is 0 Å². The first kappa shape index (κ1) is 10.4. The monoisotopic (exact) mass is 352 g/mol. The SMILES string of the molecule is FC(F)(F)[C](=[Hg])C(F)(F)F. The van der Waals surface area contributed by atoms with Crippen LogP contribution in [0.4, 0.5) is 26.3 Å². The van der Waals surface area contributed by atoms with Gasteiger partial charge >= 0.3 is 67.3 Å². The molecule has 0 spiro atoms. The number of halogens is 6. The second kappa shape index (κ2) is 2.79. The summed E-state index contributed by atoms with van der Waals surface area (Å²) in [6.45, 7) is 0. The van der Waals surface area contributed by atoms with Gasteiger partial charge in [0.2, 0.25) is 0 Å². The number of hydrogen-bond acceptors (Lipinski definition) is 0. The fourth-order valence-corrected chi connectivity index (χ4v) is 0.161. The van der Waals surface area contributed by atoms with Gasteiger partial charge in [-0.15, -0.1) is 0 Å². The summed E-state index contributed by atoms with van der Waals surface area (Å²) in [6, 6.07) is 0. The van der Waals surface area contributed by atoms with E-state index >= 15 is 0 Å². The molecular weight excluding hydrogens is 351 g/mol. The van der Waals surface area contributed by atoms with Crippen LogP contribution in [-0.4, -0.2) is 15.4 Å². The molecule has 0 aliphatic carbocycles. The predicted octanol–water partition coefficient (Wildman–Crippen LogP) is 1.83. The molecule has 0 aliphatic heterocycles. The van der Waals surface area contributed by atoms with Crippen molar-refractivity contribution in [3.05, 3.63) is 0 Å². The Balaban J connectivity index is 4.40. The molecule has 0 saturated heterocycles. The maximum absolute atomic E-state index is 11.2. The van der Waals surface area contributed by atoms with E-state index in [1.54, 1.807) is 0 Å². The van der Waals surface area contributed by atoms with E-state index in [0.717, 1.165) is 0 Å². The molecule has 0 heterocycles. The summed E-state index contributed by atoms with van der Waals surface area (Å²) in [7, 11) is 0. The summed E-state index contributed by atoms with van der Waals surface area (Å²) < 4.78 is 65.2. The third-order valence-electron chi connectivity index (χ3n) is 0.684. The van der Waals surface area contributed by atoms with Gasteiger partial charge in [-0.2, -0.15) is 0 Å². The van der Waals surface area contributed by atoms with Gasteiger partial charge < -0.3 is 0 Å². The second-order valence-corrected chi connectivity index (χ2v) is 4.22. The molecular formula is C3F6Hg. The average Bonchev–Trinajstić information content (AvgIpc) is 1.59. The molecule has 0 bridgehead atoms. The van der Waals surface area contributed by atoms with E-state index in [0.29, 0.717) is 0 Å².